The predicted octanol–water partition coefficient (Wildman–Crippen LogP) is 7.22. The highest BCUT2D eigenvalue weighted by molar-refractivity contribution is 6.17. The quantitative estimate of drug-likeness (QED) is 0.121. The second kappa shape index (κ2) is 16.9. The molecule has 0 amide bonds. The van der Waals surface area contributed by atoms with Crippen LogP contribution in [0.2, 0.25) is 0 Å². The normalized spacial score (nSPS) is 12.1. The summed E-state index contributed by atoms with van der Waals surface area (Å²) in [5.74, 6) is 0.597. The summed E-state index contributed by atoms with van der Waals surface area (Å²) in [5.41, 5.74) is 1.92. The molecule has 7 nitrogen and oxygen atoms in total. The Bertz CT molecular complexity index is 1220. The number of esters is 1. The maximum atomic E-state index is 13.7. The van der Waals surface area contributed by atoms with Crippen molar-refractivity contribution in [3.63, 3.8) is 0 Å². The Balaban J connectivity index is 1.63. The van der Waals surface area contributed by atoms with Crippen LogP contribution in [0.25, 0.3) is 11.0 Å². The van der Waals surface area contributed by atoms with Gasteiger partial charge in [0.2, 0.25) is 0 Å². The Morgan fingerprint density at radius 3 is 2.15 bits per heavy atom. The molecule has 224 valence electrons. The number of rotatable bonds is 19. The third-order valence-electron chi connectivity index (χ3n) is 7.39. The number of carbonyl (C=O) groups excluding carboxylic acids is 2. The first-order valence-corrected chi connectivity index (χ1v) is 15.2. The number of nitrogens with zero attached hydrogens (tertiary/aromatic N) is 1. The second-order valence-electron chi connectivity index (χ2n) is 10.7. The molecule has 0 aliphatic rings. The van der Waals surface area contributed by atoms with Crippen LogP contribution in [0.4, 0.5) is 0 Å². The average Bonchev–Trinajstić information content (AvgIpc) is 3.36. The lowest BCUT2D eigenvalue weighted by Gasteiger charge is -2.22. The zero-order valence-electron chi connectivity index (χ0n) is 25.2. The van der Waals surface area contributed by atoms with Gasteiger partial charge in [0.05, 0.1) is 24.3 Å². The molecule has 3 aromatic rings. The van der Waals surface area contributed by atoms with Crippen LogP contribution in [0.3, 0.4) is 0 Å². The first-order chi connectivity index (χ1) is 19.9. The lowest BCUT2D eigenvalue weighted by Crippen LogP contribution is -2.28. The molecular formula is C34H47NO6. The van der Waals surface area contributed by atoms with Crippen LogP contribution < -0.4 is 4.74 Å². The number of aliphatic hydroxyl groups excluding tert-OH is 1. The molecule has 0 aliphatic carbocycles. The Hall–Kier alpha value is -3.16. The third-order valence-corrected chi connectivity index (χ3v) is 7.39. The van der Waals surface area contributed by atoms with Gasteiger partial charge < -0.3 is 23.9 Å². The minimum Gasteiger partial charge on any atom is -0.491 e. The van der Waals surface area contributed by atoms with Crippen LogP contribution in [0.5, 0.6) is 5.75 Å². The number of carbonyl (C=O) groups is 2. The van der Waals surface area contributed by atoms with Crippen LogP contribution in [0.15, 0.2) is 46.9 Å². The van der Waals surface area contributed by atoms with E-state index in [1.54, 1.807) is 42.5 Å². The van der Waals surface area contributed by atoms with Gasteiger partial charge in [-0.1, -0.05) is 40.0 Å². The summed E-state index contributed by atoms with van der Waals surface area (Å²) < 4.78 is 16.8. The van der Waals surface area contributed by atoms with Crippen molar-refractivity contribution in [1.82, 2.24) is 4.90 Å². The number of fused-ring (bicyclic) bond motifs is 1. The summed E-state index contributed by atoms with van der Waals surface area (Å²) in [4.78, 5) is 28.3. The van der Waals surface area contributed by atoms with E-state index < -0.39 is 12.1 Å². The van der Waals surface area contributed by atoms with Gasteiger partial charge in [0.1, 0.15) is 23.7 Å². The fourth-order valence-electron chi connectivity index (χ4n) is 4.93. The molecule has 0 spiro atoms. The van der Waals surface area contributed by atoms with Crippen molar-refractivity contribution in [2.45, 2.75) is 84.7 Å². The highest BCUT2D eigenvalue weighted by Gasteiger charge is 2.23. The molecule has 1 heterocycles. The standard InChI is InChI=1S/C34H47NO6/c1-5-8-13-31-32(29-23-26(34(38)39-4)16-19-30(29)41-31)33(37)25-14-17-28(18-15-25)40-24-27(36)12-11-22-35(20-9-6-2)21-10-7-3/h14-19,23,27,36H,5-13,20-22,24H2,1-4H3. The lowest BCUT2D eigenvalue weighted by molar-refractivity contribution is 0.0600. The Morgan fingerprint density at radius 2 is 1.51 bits per heavy atom. The molecule has 0 bridgehead atoms. The predicted molar refractivity (Wildman–Crippen MR) is 163 cm³/mol. The van der Waals surface area contributed by atoms with Gasteiger partial charge in [0.15, 0.2) is 5.78 Å². The first kappa shape index (κ1) is 32.4. The third kappa shape index (κ3) is 9.44. The van der Waals surface area contributed by atoms with Gasteiger partial charge in [0.25, 0.3) is 0 Å². The molecule has 0 fully saturated rings. The van der Waals surface area contributed by atoms with E-state index in [0.717, 1.165) is 38.9 Å². The zero-order valence-corrected chi connectivity index (χ0v) is 25.2. The van der Waals surface area contributed by atoms with Crippen LogP contribution in [0.1, 0.15) is 104 Å². The lowest BCUT2D eigenvalue weighted by atomic mass is 9.97. The molecular weight excluding hydrogens is 518 g/mol. The topological polar surface area (TPSA) is 89.2 Å². The number of furan rings is 1. The van der Waals surface area contributed by atoms with Crippen molar-refractivity contribution in [3.8, 4) is 5.75 Å². The largest absolute Gasteiger partial charge is 0.491 e. The van der Waals surface area contributed by atoms with E-state index >= 15 is 0 Å². The van der Waals surface area contributed by atoms with Crippen molar-refractivity contribution in [2.75, 3.05) is 33.4 Å². The summed E-state index contributed by atoms with van der Waals surface area (Å²) >= 11 is 0. The molecule has 0 aliphatic heterocycles. The summed E-state index contributed by atoms with van der Waals surface area (Å²) in [6, 6.07) is 12.0. The zero-order chi connectivity index (χ0) is 29.6. The SMILES string of the molecule is CCCCc1oc2ccc(C(=O)OC)cc2c1C(=O)c1ccc(OCC(O)CCCN(CCCC)CCCC)cc1. The number of aliphatic hydroxyl groups is 1. The summed E-state index contributed by atoms with van der Waals surface area (Å²) in [6.45, 7) is 9.97. The van der Waals surface area contributed by atoms with E-state index in [4.69, 9.17) is 13.9 Å². The smallest absolute Gasteiger partial charge is 0.337 e. The molecule has 1 aromatic heterocycles. The van der Waals surface area contributed by atoms with E-state index in [2.05, 4.69) is 25.7 Å². The number of aryl methyl sites for hydroxylation is 1. The Kier molecular flexibility index (Phi) is 13.4. The second-order valence-corrected chi connectivity index (χ2v) is 10.7. The number of methoxy groups -OCH3 is 1. The number of ketones is 1. The number of ether oxygens (including phenoxy) is 2. The minimum absolute atomic E-state index is 0.167. The van der Waals surface area contributed by atoms with Crippen LogP contribution in [-0.2, 0) is 11.2 Å². The van der Waals surface area contributed by atoms with E-state index in [0.29, 0.717) is 52.0 Å². The molecule has 1 unspecified atom stereocenters. The molecule has 41 heavy (non-hydrogen) atoms. The van der Waals surface area contributed by atoms with Crippen LogP contribution in [0, 0.1) is 0 Å². The van der Waals surface area contributed by atoms with Crippen LogP contribution in [-0.4, -0.2) is 61.2 Å². The molecule has 1 N–H and O–H groups in total. The van der Waals surface area contributed by atoms with E-state index in [1.807, 2.05) is 0 Å². The van der Waals surface area contributed by atoms with Crippen molar-refractivity contribution >= 4 is 22.7 Å². The minimum atomic E-state index is -0.544. The van der Waals surface area contributed by atoms with Gasteiger partial charge in [-0.25, -0.2) is 4.79 Å². The summed E-state index contributed by atoms with van der Waals surface area (Å²) in [6.07, 6.45) is 8.36. The van der Waals surface area contributed by atoms with Gasteiger partial charge in [-0.05, 0) is 94.2 Å². The maximum absolute atomic E-state index is 13.7. The molecule has 0 radical (unpaired) electrons. The number of unbranched alkanes of at least 4 members (excludes halogenated alkanes) is 3. The summed E-state index contributed by atoms with van der Waals surface area (Å²) in [7, 11) is 1.33. The van der Waals surface area contributed by atoms with Crippen molar-refractivity contribution < 1.29 is 28.6 Å². The van der Waals surface area contributed by atoms with Crippen molar-refractivity contribution in [1.29, 1.82) is 0 Å². The Labute approximate surface area is 244 Å². The molecule has 0 saturated heterocycles. The monoisotopic (exact) mass is 565 g/mol. The van der Waals surface area contributed by atoms with E-state index in [9.17, 15) is 14.7 Å². The fraction of sp³-hybridized carbons (Fsp3) is 0.529. The van der Waals surface area contributed by atoms with Gasteiger partial charge in [-0.15, -0.1) is 0 Å². The molecule has 2 aromatic carbocycles. The Morgan fingerprint density at radius 1 is 0.878 bits per heavy atom. The maximum Gasteiger partial charge on any atom is 0.337 e. The van der Waals surface area contributed by atoms with Gasteiger partial charge in [-0.3, -0.25) is 4.79 Å². The highest BCUT2D eigenvalue weighted by atomic mass is 16.5. The van der Waals surface area contributed by atoms with Crippen molar-refractivity contribution in [2.24, 2.45) is 0 Å². The molecule has 3 rings (SSSR count). The van der Waals surface area contributed by atoms with E-state index in [-0.39, 0.29) is 12.4 Å². The fourth-order valence-corrected chi connectivity index (χ4v) is 4.93. The summed E-state index contributed by atoms with van der Waals surface area (Å²) in [5, 5.41) is 11.1. The average molecular weight is 566 g/mol. The number of hydrogen-bond acceptors (Lipinski definition) is 7. The molecule has 1 atom stereocenters. The number of hydrogen-bond donors (Lipinski definition) is 1. The number of benzene rings is 2. The van der Waals surface area contributed by atoms with E-state index in [1.165, 1.54) is 32.8 Å². The van der Waals surface area contributed by atoms with Gasteiger partial charge in [0, 0.05) is 17.4 Å². The molecule has 7 heteroatoms. The van der Waals surface area contributed by atoms with Gasteiger partial charge >= 0.3 is 5.97 Å². The first-order valence-electron chi connectivity index (χ1n) is 15.2. The highest BCUT2D eigenvalue weighted by Crippen LogP contribution is 2.31. The van der Waals surface area contributed by atoms with Crippen LogP contribution >= 0.6 is 0 Å². The van der Waals surface area contributed by atoms with Crippen molar-refractivity contribution in [3.05, 3.63) is 64.9 Å². The molecule has 0 saturated carbocycles. The van der Waals surface area contributed by atoms with Gasteiger partial charge in [-0.2, -0.15) is 0 Å².